The number of nitrogens with zero attached hydrogens (tertiary/aromatic N) is 1. The second kappa shape index (κ2) is 9.16. The van der Waals surface area contributed by atoms with Crippen LogP contribution in [0.1, 0.15) is 11.1 Å². The number of nitro groups is 1. The molecular formula is C18H18N2O6. The van der Waals surface area contributed by atoms with Gasteiger partial charge >= 0.3 is 5.97 Å². The number of nitrogens with one attached hydrogen (secondary N) is 1. The number of hydrogen-bond acceptors (Lipinski definition) is 6. The average Bonchev–Trinajstić information content (AvgIpc) is 2.64. The molecule has 0 saturated carbocycles. The SMILES string of the molecule is Cc1ccccc1OCC(=O)NCC(=O)OCc1ccc([N+](=O)[O-])cc1. The summed E-state index contributed by atoms with van der Waals surface area (Å²) in [6.45, 7) is 1.33. The van der Waals surface area contributed by atoms with Crippen molar-refractivity contribution < 1.29 is 24.0 Å². The summed E-state index contributed by atoms with van der Waals surface area (Å²) in [5.41, 5.74) is 1.47. The fraction of sp³-hybridized carbons (Fsp3) is 0.222. The van der Waals surface area contributed by atoms with Crippen molar-refractivity contribution in [3.05, 3.63) is 69.8 Å². The Kier molecular flexibility index (Phi) is 6.67. The highest BCUT2D eigenvalue weighted by molar-refractivity contribution is 5.82. The van der Waals surface area contributed by atoms with Gasteiger partial charge in [-0.15, -0.1) is 0 Å². The Morgan fingerprint density at radius 1 is 1.12 bits per heavy atom. The summed E-state index contributed by atoms with van der Waals surface area (Å²) >= 11 is 0. The molecule has 0 aliphatic heterocycles. The van der Waals surface area contributed by atoms with Gasteiger partial charge in [-0.2, -0.15) is 0 Å². The molecule has 0 aromatic heterocycles. The van der Waals surface area contributed by atoms with Crippen LogP contribution in [-0.2, 0) is 20.9 Å². The van der Waals surface area contributed by atoms with Crippen LogP contribution >= 0.6 is 0 Å². The third-order valence-electron chi connectivity index (χ3n) is 3.43. The summed E-state index contributed by atoms with van der Waals surface area (Å²) in [5, 5.41) is 13.0. The molecule has 26 heavy (non-hydrogen) atoms. The molecule has 0 fully saturated rings. The van der Waals surface area contributed by atoms with E-state index in [1.165, 1.54) is 24.3 Å². The molecule has 2 rings (SSSR count). The van der Waals surface area contributed by atoms with Crippen molar-refractivity contribution in [2.75, 3.05) is 13.2 Å². The van der Waals surface area contributed by atoms with E-state index >= 15 is 0 Å². The number of esters is 1. The van der Waals surface area contributed by atoms with E-state index in [0.29, 0.717) is 11.3 Å². The molecular weight excluding hydrogens is 340 g/mol. The lowest BCUT2D eigenvalue weighted by Gasteiger charge is -2.09. The molecule has 0 aliphatic rings. The molecule has 8 heteroatoms. The summed E-state index contributed by atoms with van der Waals surface area (Å²) in [6.07, 6.45) is 0. The Morgan fingerprint density at radius 3 is 2.46 bits per heavy atom. The second-order valence-electron chi connectivity index (χ2n) is 5.42. The highest BCUT2D eigenvalue weighted by atomic mass is 16.6. The minimum Gasteiger partial charge on any atom is -0.484 e. The first kappa shape index (κ1) is 18.9. The van der Waals surface area contributed by atoms with Crippen molar-refractivity contribution in [3.8, 4) is 5.75 Å². The predicted molar refractivity (Wildman–Crippen MR) is 92.6 cm³/mol. The van der Waals surface area contributed by atoms with E-state index in [1.807, 2.05) is 19.1 Å². The Bertz CT molecular complexity index is 789. The summed E-state index contributed by atoms with van der Waals surface area (Å²) in [6, 6.07) is 12.9. The molecule has 1 N–H and O–H groups in total. The van der Waals surface area contributed by atoms with Gasteiger partial charge in [-0.25, -0.2) is 0 Å². The van der Waals surface area contributed by atoms with Gasteiger partial charge in [-0.05, 0) is 36.2 Å². The molecule has 2 aromatic rings. The lowest BCUT2D eigenvalue weighted by atomic mass is 10.2. The van der Waals surface area contributed by atoms with Gasteiger partial charge in [0.05, 0.1) is 4.92 Å². The quantitative estimate of drug-likeness (QED) is 0.440. The predicted octanol–water partition coefficient (Wildman–Crippen LogP) is 2.14. The second-order valence-corrected chi connectivity index (χ2v) is 5.42. The first-order chi connectivity index (χ1) is 12.5. The number of benzene rings is 2. The third kappa shape index (κ3) is 5.90. The molecule has 136 valence electrons. The van der Waals surface area contributed by atoms with Gasteiger partial charge in [0, 0.05) is 12.1 Å². The Hall–Kier alpha value is -3.42. The zero-order valence-corrected chi connectivity index (χ0v) is 14.1. The zero-order valence-electron chi connectivity index (χ0n) is 14.1. The molecule has 0 unspecified atom stereocenters. The molecule has 0 spiro atoms. The molecule has 2 aromatic carbocycles. The number of ether oxygens (including phenoxy) is 2. The molecule has 0 heterocycles. The van der Waals surface area contributed by atoms with Gasteiger partial charge in [-0.3, -0.25) is 19.7 Å². The van der Waals surface area contributed by atoms with Gasteiger partial charge in [-0.1, -0.05) is 18.2 Å². The van der Waals surface area contributed by atoms with Crippen molar-refractivity contribution in [2.45, 2.75) is 13.5 Å². The van der Waals surface area contributed by atoms with Gasteiger partial charge in [0.1, 0.15) is 18.9 Å². The van der Waals surface area contributed by atoms with Crippen molar-refractivity contribution in [1.82, 2.24) is 5.32 Å². The normalized spacial score (nSPS) is 10.0. The molecule has 1 amide bonds. The number of amides is 1. The summed E-state index contributed by atoms with van der Waals surface area (Å²) in [4.78, 5) is 33.4. The highest BCUT2D eigenvalue weighted by Gasteiger charge is 2.09. The first-order valence-corrected chi connectivity index (χ1v) is 7.80. The lowest BCUT2D eigenvalue weighted by Crippen LogP contribution is -2.34. The van der Waals surface area contributed by atoms with Crippen LogP contribution in [0.5, 0.6) is 5.75 Å². The minimum atomic E-state index is -0.618. The first-order valence-electron chi connectivity index (χ1n) is 7.80. The maximum atomic E-state index is 11.7. The smallest absolute Gasteiger partial charge is 0.325 e. The largest absolute Gasteiger partial charge is 0.484 e. The maximum absolute atomic E-state index is 11.7. The van der Waals surface area contributed by atoms with Crippen LogP contribution in [0.25, 0.3) is 0 Å². The molecule has 0 aliphatic carbocycles. The Morgan fingerprint density at radius 2 is 1.81 bits per heavy atom. The van der Waals surface area contributed by atoms with Crippen LogP contribution in [-0.4, -0.2) is 30.0 Å². The van der Waals surface area contributed by atoms with Gasteiger partial charge in [0.2, 0.25) is 0 Å². The van der Waals surface area contributed by atoms with Crippen LogP contribution < -0.4 is 10.1 Å². The minimum absolute atomic E-state index is 0.0353. The van der Waals surface area contributed by atoms with Gasteiger partial charge < -0.3 is 14.8 Å². The number of para-hydroxylation sites is 1. The van der Waals surface area contributed by atoms with Crippen molar-refractivity contribution >= 4 is 17.6 Å². The van der Waals surface area contributed by atoms with Gasteiger partial charge in [0.25, 0.3) is 11.6 Å². The van der Waals surface area contributed by atoms with Crippen LogP contribution in [0, 0.1) is 17.0 Å². The Balaban J connectivity index is 1.68. The van der Waals surface area contributed by atoms with E-state index in [1.54, 1.807) is 12.1 Å². The van der Waals surface area contributed by atoms with E-state index in [2.05, 4.69) is 5.32 Å². The number of rotatable bonds is 8. The molecule has 0 radical (unpaired) electrons. The van der Waals surface area contributed by atoms with Crippen molar-refractivity contribution in [3.63, 3.8) is 0 Å². The van der Waals surface area contributed by atoms with Crippen molar-refractivity contribution in [1.29, 1.82) is 0 Å². The third-order valence-corrected chi connectivity index (χ3v) is 3.43. The lowest BCUT2D eigenvalue weighted by molar-refractivity contribution is -0.384. The fourth-order valence-corrected chi connectivity index (χ4v) is 2.01. The number of non-ortho nitro benzene ring substituents is 1. The Labute approximate surface area is 149 Å². The highest BCUT2D eigenvalue weighted by Crippen LogP contribution is 2.15. The topological polar surface area (TPSA) is 108 Å². The van der Waals surface area contributed by atoms with E-state index in [4.69, 9.17) is 9.47 Å². The van der Waals surface area contributed by atoms with Crippen LogP contribution in [0.4, 0.5) is 5.69 Å². The monoisotopic (exact) mass is 358 g/mol. The fourth-order valence-electron chi connectivity index (χ4n) is 2.01. The van der Waals surface area contributed by atoms with Crippen LogP contribution in [0.3, 0.4) is 0 Å². The van der Waals surface area contributed by atoms with E-state index in [9.17, 15) is 19.7 Å². The zero-order chi connectivity index (χ0) is 18.9. The summed E-state index contributed by atoms with van der Waals surface area (Å²) in [5.74, 6) is -0.462. The number of carbonyl (C=O) groups is 2. The number of aryl methyl sites for hydroxylation is 1. The maximum Gasteiger partial charge on any atom is 0.325 e. The number of hydrogen-bond donors (Lipinski definition) is 1. The number of nitro benzene ring substituents is 1. The van der Waals surface area contributed by atoms with E-state index in [-0.39, 0.29) is 25.4 Å². The van der Waals surface area contributed by atoms with Crippen LogP contribution in [0.15, 0.2) is 48.5 Å². The molecule has 0 saturated heterocycles. The van der Waals surface area contributed by atoms with Gasteiger partial charge in [0.15, 0.2) is 6.61 Å². The molecule has 0 bridgehead atoms. The van der Waals surface area contributed by atoms with E-state index in [0.717, 1.165) is 5.56 Å². The van der Waals surface area contributed by atoms with E-state index < -0.39 is 16.8 Å². The summed E-state index contributed by atoms with van der Waals surface area (Å²) in [7, 11) is 0. The van der Waals surface area contributed by atoms with Crippen molar-refractivity contribution in [2.24, 2.45) is 0 Å². The number of carbonyl (C=O) groups excluding carboxylic acids is 2. The summed E-state index contributed by atoms with van der Waals surface area (Å²) < 4.78 is 10.4. The average molecular weight is 358 g/mol. The standard InChI is InChI=1S/C18H18N2O6/c1-13-4-2-3-5-16(13)25-12-17(21)19-10-18(22)26-11-14-6-8-15(9-7-14)20(23)24/h2-9H,10-12H2,1H3,(H,19,21). The molecule has 8 nitrogen and oxygen atoms in total. The van der Waals surface area contributed by atoms with Crippen LogP contribution in [0.2, 0.25) is 0 Å². The molecule has 0 atom stereocenters.